The molecule has 4 heteroatoms. The zero-order chi connectivity index (χ0) is 10.7. The Morgan fingerprint density at radius 3 is 2.87 bits per heavy atom. The van der Waals surface area contributed by atoms with Crippen LogP contribution in [0.15, 0.2) is 30.6 Å². The van der Waals surface area contributed by atoms with Crippen molar-refractivity contribution in [1.29, 1.82) is 0 Å². The monoisotopic (exact) mass is 202 g/mol. The van der Waals surface area contributed by atoms with Crippen LogP contribution in [0.3, 0.4) is 0 Å². The summed E-state index contributed by atoms with van der Waals surface area (Å²) in [5.41, 5.74) is 13.1. The Morgan fingerprint density at radius 1 is 1.20 bits per heavy atom. The van der Waals surface area contributed by atoms with Crippen molar-refractivity contribution >= 4 is 22.1 Å². The molecule has 0 spiro atoms. The van der Waals surface area contributed by atoms with Gasteiger partial charge in [0.1, 0.15) is 0 Å². The minimum Gasteiger partial charge on any atom is -0.398 e. The van der Waals surface area contributed by atoms with Gasteiger partial charge in [0.2, 0.25) is 0 Å². The molecule has 1 aromatic carbocycles. The van der Waals surface area contributed by atoms with Gasteiger partial charge in [-0.2, -0.15) is 0 Å². The van der Waals surface area contributed by atoms with Crippen LogP contribution in [0, 0.1) is 0 Å². The van der Waals surface area contributed by atoms with Crippen molar-refractivity contribution in [1.82, 2.24) is 4.98 Å². The highest BCUT2D eigenvalue weighted by Crippen LogP contribution is 2.26. The van der Waals surface area contributed by atoms with E-state index in [4.69, 9.17) is 11.5 Å². The minimum atomic E-state index is 0.603. The number of nitrogen functional groups attached to an aromatic ring is 1. The van der Waals surface area contributed by atoms with E-state index in [1.54, 1.807) is 6.20 Å². The Labute approximate surface area is 88.3 Å². The Hall–Kier alpha value is -1.81. The molecule has 0 fully saturated rings. The summed E-state index contributed by atoms with van der Waals surface area (Å²) in [4.78, 5) is 4.10. The normalized spacial score (nSPS) is 10.5. The molecule has 0 atom stereocenters. The number of nitrogens with zero attached hydrogens (tertiary/aromatic N) is 1. The SMILES string of the molecule is NCCNc1ccc(N)c2ccncc12. The molecule has 78 valence electrons. The highest BCUT2D eigenvalue weighted by atomic mass is 14.9. The van der Waals surface area contributed by atoms with Gasteiger partial charge in [-0.15, -0.1) is 0 Å². The third-order valence-corrected chi connectivity index (χ3v) is 2.31. The quantitative estimate of drug-likeness (QED) is 0.653. The number of nitrogens with two attached hydrogens (primary N) is 2. The molecule has 0 radical (unpaired) electrons. The van der Waals surface area contributed by atoms with Crippen LogP contribution in [0.4, 0.5) is 11.4 Å². The molecule has 4 nitrogen and oxygen atoms in total. The van der Waals surface area contributed by atoms with Gasteiger partial charge in [0, 0.05) is 47.6 Å². The van der Waals surface area contributed by atoms with E-state index in [-0.39, 0.29) is 0 Å². The van der Waals surface area contributed by atoms with E-state index in [1.165, 1.54) is 0 Å². The van der Waals surface area contributed by atoms with E-state index >= 15 is 0 Å². The van der Waals surface area contributed by atoms with Gasteiger partial charge < -0.3 is 16.8 Å². The number of benzene rings is 1. The molecule has 2 aromatic rings. The van der Waals surface area contributed by atoms with Crippen molar-refractivity contribution in [2.24, 2.45) is 5.73 Å². The number of rotatable bonds is 3. The fraction of sp³-hybridized carbons (Fsp3) is 0.182. The van der Waals surface area contributed by atoms with Gasteiger partial charge in [-0.25, -0.2) is 0 Å². The number of anilines is 2. The highest BCUT2D eigenvalue weighted by molar-refractivity contribution is 6.00. The van der Waals surface area contributed by atoms with E-state index in [9.17, 15) is 0 Å². The van der Waals surface area contributed by atoms with Crippen LogP contribution >= 0.6 is 0 Å². The number of fused-ring (bicyclic) bond motifs is 1. The smallest absolute Gasteiger partial charge is 0.0437 e. The predicted octanol–water partition coefficient (Wildman–Crippen LogP) is 1.19. The molecule has 0 aliphatic rings. The second-order valence-electron chi connectivity index (χ2n) is 3.34. The number of nitrogens with one attached hydrogen (secondary N) is 1. The Morgan fingerprint density at radius 2 is 2.07 bits per heavy atom. The molecule has 0 bridgehead atoms. The average Bonchev–Trinajstić information content (AvgIpc) is 2.29. The number of hydrogen-bond donors (Lipinski definition) is 3. The summed E-state index contributed by atoms with van der Waals surface area (Å²) in [6, 6.07) is 5.76. The van der Waals surface area contributed by atoms with Gasteiger partial charge in [0.25, 0.3) is 0 Å². The first kappa shape index (κ1) is 9.73. The fourth-order valence-electron chi connectivity index (χ4n) is 1.57. The average molecular weight is 202 g/mol. The summed E-state index contributed by atoms with van der Waals surface area (Å²) in [6.07, 6.45) is 3.55. The molecule has 0 saturated carbocycles. The maximum absolute atomic E-state index is 5.87. The lowest BCUT2D eigenvalue weighted by atomic mass is 10.1. The zero-order valence-electron chi connectivity index (χ0n) is 8.40. The van der Waals surface area contributed by atoms with Crippen LogP contribution in [0.2, 0.25) is 0 Å². The Balaban J connectivity index is 2.51. The summed E-state index contributed by atoms with van der Waals surface area (Å²) in [5, 5.41) is 5.30. The molecule has 0 unspecified atom stereocenters. The molecule has 0 amide bonds. The van der Waals surface area contributed by atoms with E-state index in [2.05, 4.69) is 10.3 Å². The predicted molar refractivity (Wildman–Crippen MR) is 63.7 cm³/mol. The lowest BCUT2D eigenvalue weighted by Crippen LogP contribution is -2.13. The van der Waals surface area contributed by atoms with Crippen molar-refractivity contribution in [3.8, 4) is 0 Å². The van der Waals surface area contributed by atoms with Crippen LogP contribution < -0.4 is 16.8 Å². The van der Waals surface area contributed by atoms with Crippen molar-refractivity contribution in [3.63, 3.8) is 0 Å². The van der Waals surface area contributed by atoms with E-state index in [1.807, 2.05) is 24.4 Å². The topological polar surface area (TPSA) is 77.0 Å². The second-order valence-corrected chi connectivity index (χ2v) is 3.34. The number of aromatic nitrogens is 1. The second kappa shape index (κ2) is 4.14. The summed E-state index contributed by atoms with van der Waals surface area (Å²) >= 11 is 0. The van der Waals surface area contributed by atoms with E-state index in [0.29, 0.717) is 6.54 Å². The molecule has 5 N–H and O–H groups in total. The standard InChI is InChI=1S/C11H14N4/c12-4-6-15-11-2-1-10(13)8-3-5-14-7-9(8)11/h1-3,5,7,15H,4,6,12-13H2. The third-order valence-electron chi connectivity index (χ3n) is 2.31. The molecule has 2 rings (SSSR count). The zero-order valence-corrected chi connectivity index (χ0v) is 8.40. The van der Waals surface area contributed by atoms with Gasteiger partial charge in [-0.1, -0.05) is 0 Å². The highest BCUT2D eigenvalue weighted by Gasteiger charge is 2.02. The maximum Gasteiger partial charge on any atom is 0.0437 e. The van der Waals surface area contributed by atoms with Crippen molar-refractivity contribution < 1.29 is 0 Å². The van der Waals surface area contributed by atoms with Crippen LogP contribution in [0.5, 0.6) is 0 Å². The summed E-state index contributed by atoms with van der Waals surface area (Å²) in [7, 11) is 0. The lowest BCUT2D eigenvalue weighted by molar-refractivity contribution is 1.03. The maximum atomic E-state index is 5.87. The Bertz CT molecular complexity index is 467. The number of hydrogen-bond acceptors (Lipinski definition) is 4. The summed E-state index contributed by atoms with van der Waals surface area (Å²) in [6.45, 7) is 1.35. The molecular weight excluding hydrogens is 188 g/mol. The first-order valence-corrected chi connectivity index (χ1v) is 4.89. The van der Waals surface area contributed by atoms with Crippen LogP contribution in [-0.4, -0.2) is 18.1 Å². The van der Waals surface area contributed by atoms with E-state index < -0.39 is 0 Å². The molecule has 15 heavy (non-hydrogen) atoms. The Kier molecular flexibility index (Phi) is 2.69. The van der Waals surface area contributed by atoms with E-state index in [0.717, 1.165) is 28.7 Å². The van der Waals surface area contributed by atoms with Crippen LogP contribution in [0.1, 0.15) is 0 Å². The van der Waals surface area contributed by atoms with Crippen molar-refractivity contribution in [2.75, 3.05) is 24.1 Å². The molecule has 0 aliphatic heterocycles. The van der Waals surface area contributed by atoms with Crippen LogP contribution in [-0.2, 0) is 0 Å². The molecule has 1 aromatic heterocycles. The minimum absolute atomic E-state index is 0.603. The first-order chi connectivity index (χ1) is 7.33. The molecular formula is C11H14N4. The van der Waals surface area contributed by atoms with Gasteiger partial charge in [0.05, 0.1) is 0 Å². The van der Waals surface area contributed by atoms with Gasteiger partial charge in [-0.05, 0) is 18.2 Å². The molecule has 0 aliphatic carbocycles. The largest absolute Gasteiger partial charge is 0.398 e. The summed E-state index contributed by atoms with van der Waals surface area (Å²) < 4.78 is 0. The van der Waals surface area contributed by atoms with Crippen LogP contribution in [0.25, 0.3) is 10.8 Å². The lowest BCUT2D eigenvalue weighted by Gasteiger charge is -2.09. The van der Waals surface area contributed by atoms with Crippen molar-refractivity contribution in [3.05, 3.63) is 30.6 Å². The third kappa shape index (κ3) is 1.85. The van der Waals surface area contributed by atoms with Gasteiger partial charge in [0.15, 0.2) is 0 Å². The van der Waals surface area contributed by atoms with Gasteiger partial charge in [-0.3, -0.25) is 4.98 Å². The van der Waals surface area contributed by atoms with Gasteiger partial charge >= 0.3 is 0 Å². The van der Waals surface area contributed by atoms with Crippen molar-refractivity contribution in [2.45, 2.75) is 0 Å². The molecule has 0 saturated heterocycles. The molecule has 1 heterocycles. The summed E-state index contributed by atoms with van der Waals surface area (Å²) in [5.74, 6) is 0. The fourth-order valence-corrected chi connectivity index (χ4v) is 1.57. The first-order valence-electron chi connectivity index (χ1n) is 4.89. The number of pyridine rings is 1.